The fourth-order valence-corrected chi connectivity index (χ4v) is 3.74. The molecule has 0 fully saturated rings. The minimum absolute atomic E-state index is 0.0881. The Morgan fingerprint density at radius 2 is 1.23 bits per heavy atom. The summed E-state index contributed by atoms with van der Waals surface area (Å²) in [6.07, 6.45) is 9.40. The van der Waals surface area contributed by atoms with E-state index in [1.54, 1.807) is 0 Å². The Balaban J connectivity index is 1.34. The lowest BCUT2D eigenvalue weighted by molar-refractivity contribution is -0.137. The fraction of sp³-hybridized carbons (Fsp3) is 0.324. The molecule has 0 atom stereocenters. The van der Waals surface area contributed by atoms with Crippen LogP contribution >= 0.6 is 0 Å². The Hall–Kier alpha value is -4.17. The molecule has 0 amide bonds. The number of unbranched alkanes of at least 4 members (excludes halogenated alkanes) is 4. The van der Waals surface area contributed by atoms with E-state index in [-0.39, 0.29) is 6.79 Å². The quantitative estimate of drug-likeness (QED) is 0.0635. The maximum atomic E-state index is 11.0. The van der Waals surface area contributed by atoms with Gasteiger partial charge in [-0.2, -0.15) is 0 Å². The zero-order valence-corrected chi connectivity index (χ0v) is 22.8. The molecule has 0 aliphatic rings. The number of hydrogen-bond donors (Lipinski definition) is 0. The van der Waals surface area contributed by atoms with Gasteiger partial charge in [-0.1, -0.05) is 63.2 Å². The predicted molar refractivity (Wildman–Crippen MR) is 155 cm³/mol. The number of carbonyl (C=O) groups excluding carboxylic acids is 1. The Kier molecular flexibility index (Phi) is 13.1. The molecule has 0 heterocycles. The summed E-state index contributed by atoms with van der Waals surface area (Å²) >= 11 is 0. The van der Waals surface area contributed by atoms with E-state index >= 15 is 0 Å². The van der Waals surface area contributed by atoms with Gasteiger partial charge in [0.15, 0.2) is 0 Å². The van der Waals surface area contributed by atoms with E-state index in [2.05, 4.69) is 49.6 Å². The number of carbonyl (C=O) groups is 1. The molecule has 0 aliphatic carbocycles. The van der Waals surface area contributed by atoms with E-state index in [1.807, 2.05) is 48.5 Å². The maximum Gasteiger partial charge on any atom is 0.330 e. The molecule has 0 aliphatic heterocycles. The number of ether oxygens (including phenoxy) is 4. The molecule has 0 saturated heterocycles. The van der Waals surface area contributed by atoms with Crippen LogP contribution in [-0.2, 0) is 16.0 Å². The molecule has 3 aromatic carbocycles. The lowest BCUT2D eigenvalue weighted by Crippen LogP contribution is -2.07. The lowest BCUT2D eigenvalue weighted by Gasteiger charge is -2.10. The van der Waals surface area contributed by atoms with Crippen LogP contribution in [0.4, 0.5) is 0 Å². The van der Waals surface area contributed by atoms with Crippen molar-refractivity contribution >= 4 is 5.97 Å². The molecule has 204 valence electrons. The van der Waals surface area contributed by atoms with Gasteiger partial charge in [0.05, 0.1) is 13.2 Å². The molecule has 3 rings (SSSR count). The normalized spacial score (nSPS) is 10.2. The van der Waals surface area contributed by atoms with Crippen LogP contribution in [0.5, 0.6) is 17.2 Å². The number of rotatable bonds is 16. The summed E-state index contributed by atoms with van der Waals surface area (Å²) in [5.41, 5.74) is 3.33. The van der Waals surface area contributed by atoms with E-state index in [1.165, 1.54) is 37.7 Å². The SMILES string of the molecule is C=CC(=O)OCCCOc1ccc(OCOc2ccc(C#Cc3ccc(CCCCCCC)cc3)cc2)cc1. The van der Waals surface area contributed by atoms with Gasteiger partial charge in [0.25, 0.3) is 0 Å². The van der Waals surface area contributed by atoms with Crippen LogP contribution in [-0.4, -0.2) is 26.0 Å². The first-order valence-corrected chi connectivity index (χ1v) is 13.6. The summed E-state index contributed by atoms with van der Waals surface area (Å²) < 4.78 is 21.9. The van der Waals surface area contributed by atoms with E-state index in [4.69, 9.17) is 18.9 Å². The van der Waals surface area contributed by atoms with Crippen LogP contribution < -0.4 is 14.2 Å². The Morgan fingerprint density at radius 1 is 0.692 bits per heavy atom. The highest BCUT2D eigenvalue weighted by Gasteiger charge is 2.00. The van der Waals surface area contributed by atoms with Gasteiger partial charge >= 0.3 is 5.97 Å². The molecule has 0 bridgehead atoms. The Bertz CT molecular complexity index is 1190. The van der Waals surface area contributed by atoms with Crippen molar-refractivity contribution in [1.82, 2.24) is 0 Å². The van der Waals surface area contributed by atoms with Gasteiger partial charge in [-0.3, -0.25) is 0 Å². The highest BCUT2D eigenvalue weighted by molar-refractivity contribution is 5.81. The average Bonchev–Trinajstić information content (AvgIpc) is 2.97. The molecule has 39 heavy (non-hydrogen) atoms. The van der Waals surface area contributed by atoms with Crippen molar-refractivity contribution in [2.45, 2.75) is 51.9 Å². The molecule has 0 N–H and O–H groups in total. The summed E-state index contributed by atoms with van der Waals surface area (Å²) in [5.74, 6) is 8.12. The third kappa shape index (κ3) is 11.8. The van der Waals surface area contributed by atoms with Crippen molar-refractivity contribution < 1.29 is 23.7 Å². The summed E-state index contributed by atoms with van der Waals surface area (Å²) in [6, 6.07) is 23.5. The molecule has 0 aromatic heterocycles. The van der Waals surface area contributed by atoms with E-state index in [9.17, 15) is 4.79 Å². The molecule has 0 spiro atoms. The van der Waals surface area contributed by atoms with Crippen molar-refractivity contribution in [2.24, 2.45) is 0 Å². The van der Waals surface area contributed by atoms with Crippen molar-refractivity contribution in [2.75, 3.05) is 20.0 Å². The summed E-state index contributed by atoms with van der Waals surface area (Å²) in [6.45, 7) is 6.43. The zero-order valence-electron chi connectivity index (χ0n) is 22.8. The highest BCUT2D eigenvalue weighted by Crippen LogP contribution is 2.19. The van der Waals surface area contributed by atoms with Gasteiger partial charge in [0.1, 0.15) is 17.2 Å². The van der Waals surface area contributed by atoms with Crippen molar-refractivity contribution in [3.05, 3.63) is 102 Å². The second-order valence-corrected chi connectivity index (χ2v) is 9.09. The fourth-order valence-electron chi connectivity index (χ4n) is 3.74. The third-order valence-electron chi connectivity index (χ3n) is 5.97. The first kappa shape index (κ1) is 29.4. The topological polar surface area (TPSA) is 54.0 Å². The van der Waals surface area contributed by atoms with Crippen LogP contribution in [0, 0.1) is 11.8 Å². The minimum Gasteiger partial charge on any atom is -0.493 e. The van der Waals surface area contributed by atoms with Crippen molar-refractivity contribution in [3.8, 4) is 29.1 Å². The Labute approximate surface area is 232 Å². The van der Waals surface area contributed by atoms with Crippen molar-refractivity contribution in [1.29, 1.82) is 0 Å². The monoisotopic (exact) mass is 526 g/mol. The molecule has 0 saturated carbocycles. The first-order chi connectivity index (χ1) is 19.2. The predicted octanol–water partition coefficient (Wildman–Crippen LogP) is 7.51. The van der Waals surface area contributed by atoms with Crippen LogP contribution in [0.3, 0.4) is 0 Å². The summed E-state index contributed by atoms with van der Waals surface area (Å²) in [4.78, 5) is 11.0. The number of esters is 1. The summed E-state index contributed by atoms with van der Waals surface area (Å²) in [7, 11) is 0. The van der Waals surface area contributed by atoms with Gasteiger partial charge in [0, 0.05) is 23.6 Å². The standard InChI is InChI=1S/C34H38O5/c1-3-5-6-7-8-10-28-11-13-29(14-12-28)15-16-30-17-19-32(20-18-30)38-27-39-33-23-21-31(22-24-33)36-25-9-26-37-34(35)4-2/h4,11-14,17-24H,2-3,5-10,25-27H2,1H3. The van der Waals surface area contributed by atoms with Crippen molar-refractivity contribution in [3.63, 3.8) is 0 Å². The smallest absolute Gasteiger partial charge is 0.330 e. The molecule has 3 aromatic rings. The van der Waals surface area contributed by atoms with Gasteiger partial charge in [-0.15, -0.1) is 0 Å². The third-order valence-corrected chi connectivity index (χ3v) is 5.97. The van der Waals surface area contributed by atoms with Crippen LogP contribution in [0.25, 0.3) is 0 Å². The van der Waals surface area contributed by atoms with Crippen LogP contribution in [0.1, 0.15) is 62.1 Å². The van der Waals surface area contributed by atoms with Gasteiger partial charge in [0.2, 0.25) is 6.79 Å². The van der Waals surface area contributed by atoms with Gasteiger partial charge in [-0.25, -0.2) is 4.79 Å². The number of aryl methyl sites for hydroxylation is 1. The largest absolute Gasteiger partial charge is 0.493 e. The second-order valence-electron chi connectivity index (χ2n) is 9.09. The first-order valence-electron chi connectivity index (χ1n) is 13.6. The molecular formula is C34H38O5. The average molecular weight is 527 g/mol. The molecule has 0 radical (unpaired) electrons. The van der Waals surface area contributed by atoms with E-state index in [0.29, 0.717) is 36.9 Å². The molecule has 5 nitrogen and oxygen atoms in total. The van der Waals surface area contributed by atoms with E-state index in [0.717, 1.165) is 23.6 Å². The molecular weight excluding hydrogens is 488 g/mol. The zero-order chi connectivity index (χ0) is 27.5. The van der Waals surface area contributed by atoms with E-state index < -0.39 is 5.97 Å². The van der Waals surface area contributed by atoms with Gasteiger partial charge < -0.3 is 18.9 Å². The lowest BCUT2D eigenvalue weighted by atomic mass is 10.0. The molecule has 5 heteroatoms. The van der Waals surface area contributed by atoms with Crippen LogP contribution in [0.15, 0.2) is 85.5 Å². The summed E-state index contributed by atoms with van der Waals surface area (Å²) in [5, 5.41) is 0. The number of benzene rings is 3. The Morgan fingerprint density at radius 3 is 1.82 bits per heavy atom. The second kappa shape index (κ2) is 17.4. The maximum absolute atomic E-state index is 11.0. The molecule has 0 unspecified atom stereocenters. The van der Waals surface area contributed by atoms with Gasteiger partial charge in [-0.05, 0) is 79.1 Å². The highest BCUT2D eigenvalue weighted by atomic mass is 16.7. The van der Waals surface area contributed by atoms with Crippen LogP contribution in [0.2, 0.25) is 0 Å². The number of hydrogen-bond acceptors (Lipinski definition) is 5. The minimum atomic E-state index is -0.428.